The lowest BCUT2D eigenvalue weighted by molar-refractivity contribution is 0.0696. The molecule has 0 saturated heterocycles. The maximum absolute atomic E-state index is 12.4. The molecular weight excluding hydrogens is 270 g/mol. The van der Waals surface area contributed by atoms with Crippen LogP contribution < -0.4 is 5.32 Å². The summed E-state index contributed by atoms with van der Waals surface area (Å²) in [6.07, 6.45) is 0. The molecule has 110 valence electrons. The summed E-state index contributed by atoms with van der Waals surface area (Å²) in [5.74, 6) is -1.24. The molecule has 6 heteroatoms. The molecule has 1 amide bonds. The molecule has 2 rings (SSSR count). The second kappa shape index (κ2) is 5.40. The van der Waals surface area contributed by atoms with E-state index in [9.17, 15) is 9.59 Å². The number of carbonyl (C=O) groups is 2. The predicted molar refractivity (Wildman–Crippen MR) is 78.8 cm³/mol. The number of amides is 1. The van der Waals surface area contributed by atoms with Crippen LogP contribution >= 0.6 is 0 Å². The molecule has 2 aromatic rings. The van der Waals surface area contributed by atoms with Crippen molar-refractivity contribution in [3.05, 3.63) is 46.3 Å². The Morgan fingerprint density at radius 2 is 1.90 bits per heavy atom. The molecule has 21 heavy (non-hydrogen) atoms. The molecule has 0 atom stereocenters. The number of aromatic nitrogens is 2. The largest absolute Gasteiger partial charge is 0.478 e. The fourth-order valence-corrected chi connectivity index (χ4v) is 2.22. The first kappa shape index (κ1) is 14.8. The van der Waals surface area contributed by atoms with Gasteiger partial charge in [0.2, 0.25) is 0 Å². The third-order valence-electron chi connectivity index (χ3n) is 3.46. The second-order valence-electron chi connectivity index (χ2n) is 4.96. The van der Waals surface area contributed by atoms with Crippen molar-refractivity contribution in [2.75, 3.05) is 5.32 Å². The number of rotatable bonds is 3. The monoisotopic (exact) mass is 287 g/mol. The quantitative estimate of drug-likeness (QED) is 0.907. The van der Waals surface area contributed by atoms with Crippen LogP contribution in [0.2, 0.25) is 0 Å². The van der Waals surface area contributed by atoms with E-state index in [-0.39, 0.29) is 11.5 Å². The van der Waals surface area contributed by atoms with Crippen molar-refractivity contribution < 1.29 is 14.7 Å². The van der Waals surface area contributed by atoms with Gasteiger partial charge in [-0.2, -0.15) is 5.10 Å². The van der Waals surface area contributed by atoms with E-state index >= 15 is 0 Å². The Hall–Kier alpha value is -2.63. The van der Waals surface area contributed by atoms with Crippen LogP contribution in [-0.2, 0) is 7.05 Å². The Balaban J connectivity index is 2.30. The third kappa shape index (κ3) is 2.79. The molecule has 0 saturated carbocycles. The Morgan fingerprint density at radius 3 is 2.38 bits per heavy atom. The lowest BCUT2D eigenvalue weighted by Crippen LogP contribution is -2.15. The fourth-order valence-electron chi connectivity index (χ4n) is 2.22. The summed E-state index contributed by atoms with van der Waals surface area (Å²) in [6, 6.07) is 4.59. The number of hydrogen-bond acceptors (Lipinski definition) is 3. The number of aromatic carboxylic acids is 1. The Bertz CT molecular complexity index is 732. The van der Waals surface area contributed by atoms with Crippen molar-refractivity contribution in [1.29, 1.82) is 0 Å². The number of carbonyl (C=O) groups excluding carboxylic acids is 1. The summed E-state index contributed by atoms with van der Waals surface area (Å²) in [6.45, 7) is 5.36. The minimum Gasteiger partial charge on any atom is -0.478 e. The number of nitrogens with one attached hydrogen (secondary N) is 1. The van der Waals surface area contributed by atoms with Crippen molar-refractivity contribution >= 4 is 17.6 Å². The van der Waals surface area contributed by atoms with Crippen LogP contribution in [0.1, 0.15) is 37.7 Å². The molecule has 1 aromatic carbocycles. The van der Waals surface area contributed by atoms with Gasteiger partial charge in [-0.3, -0.25) is 9.48 Å². The maximum atomic E-state index is 12.4. The van der Waals surface area contributed by atoms with Crippen molar-refractivity contribution in [2.45, 2.75) is 20.8 Å². The van der Waals surface area contributed by atoms with Crippen LogP contribution in [0.25, 0.3) is 0 Å². The number of aryl methyl sites for hydroxylation is 3. The highest BCUT2D eigenvalue weighted by atomic mass is 16.4. The Morgan fingerprint density at radius 1 is 1.24 bits per heavy atom. The first-order valence-electron chi connectivity index (χ1n) is 6.46. The highest BCUT2D eigenvalue weighted by molar-refractivity contribution is 6.06. The zero-order valence-electron chi connectivity index (χ0n) is 12.4. The van der Waals surface area contributed by atoms with Crippen molar-refractivity contribution in [3.8, 4) is 0 Å². The molecule has 0 unspecified atom stereocenters. The minimum absolute atomic E-state index is 0.194. The summed E-state index contributed by atoms with van der Waals surface area (Å²) in [5.41, 5.74) is 3.46. The van der Waals surface area contributed by atoms with Gasteiger partial charge >= 0.3 is 5.97 Å². The summed E-state index contributed by atoms with van der Waals surface area (Å²) in [7, 11) is 1.78. The molecule has 1 heterocycles. The average molecular weight is 287 g/mol. The van der Waals surface area contributed by atoms with Gasteiger partial charge in [0.1, 0.15) is 0 Å². The second-order valence-corrected chi connectivity index (χ2v) is 4.96. The van der Waals surface area contributed by atoms with Crippen LogP contribution in [0.5, 0.6) is 0 Å². The first-order chi connectivity index (χ1) is 9.81. The van der Waals surface area contributed by atoms with E-state index < -0.39 is 5.97 Å². The van der Waals surface area contributed by atoms with Crippen LogP contribution in [-0.4, -0.2) is 26.8 Å². The van der Waals surface area contributed by atoms with Crippen molar-refractivity contribution in [1.82, 2.24) is 9.78 Å². The van der Waals surface area contributed by atoms with Gasteiger partial charge in [0.15, 0.2) is 0 Å². The van der Waals surface area contributed by atoms with Crippen LogP contribution in [0.4, 0.5) is 5.69 Å². The lowest BCUT2D eigenvalue weighted by Gasteiger charge is -2.09. The Labute approximate surface area is 122 Å². The van der Waals surface area contributed by atoms with E-state index in [1.807, 2.05) is 6.92 Å². The third-order valence-corrected chi connectivity index (χ3v) is 3.46. The van der Waals surface area contributed by atoms with Crippen molar-refractivity contribution in [3.63, 3.8) is 0 Å². The van der Waals surface area contributed by atoms with Gasteiger partial charge in [-0.15, -0.1) is 0 Å². The number of carboxylic acids is 1. The molecule has 0 aliphatic heterocycles. The molecule has 0 bridgehead atoms. The SMILES string of the molecule is Cc1cc(C(=O)O)ccc1NC(=O)c1c(C)nn(C)c1C. The maximum Gasteiger partial charge on any atom is 0.335 e. The number of nitrogens with zero attached hydrogens (tertiary/aromatic N) is 2. The highest BCUT2D eigenvalue weighted by Crippen LogP contribution is 2.19. The van der Waals surface area contributed by atoms with Gasteiger partial charge in [0, 0.05) is 18.4 Å². The van der Waals surface area contributed by atoms with Crippen LogP contribution in [0.3, 0.4) is 0 Å². The van der Waals surface area contributed by atoms with Gasteiger partial charge < -0.3 is 10.4 Å². The summed E-state index contributed by atoms with van der Waals surface area (Å²) < 4.78 is 1.66. The molecule has 0 aliphatic rings. The van der Waals surface area contributed by atoms with Crippen molar-refractivity contribution in [2.24, 2.45) is 7.05 Å². The van der Waals surface area contributed by atoms with Gasteiger partial charge in [0.25, 0.3) is 5.91 Å². The van der Waals surface area contributed by atoms with Gasteiger partial charge in [-0.25, -0.2) is 4.79 Å². The molecule has 2 N–H and O–H groups in total. The molecule has 0 spiro atoms. The van der Waals surface area contributed by atoms with E-state index in [1.54, 1.807) is 31.6 Å². The fraction of sp³-hybridized carbons (Fsp3) is 0.267. The number of anilines is 1. The van der Waals surface area contributed by atoms with E-state index in [1.165, 1.54) is 12.1 Å². The summed E-state index contributed by atoms with van der Waals surface area (Å²) >= 11 is 0. The topological polar surface area (TPSA) is 84.2 Å². The molecule has 0 fully saturated rings. The number of carboxylic acid groups (broad SMARTS) is 1. The lowest BCUT2D eigenvalue weighted by atomic mass is 10.1. The summed E-state index contributed by atoms with van der Waals surface area (Å²) in [4.78, 5) is 23.3. The standard InChI is InChI=1S/C15H17N3O3/c1-8-7-11(15(20)21)5-6-12(8)16-14(19)13-9(2)17-18(4)10(13)3/h5-7H,1-4H3,(H,16,19)(H,20,21). The molecule has 1 aromatic heterocycles. The van der Waals surface area contributed by atoms with Crippen LogP contribution in [0.15, 0.2) is 18.2 Å². The zero-order valence-corrected chi connectivity index (χ0v) is 12.4. The first-order valence-corrected chi connectivity index (χ1v) is 6.46. The van der Waals surface area contributed by atoms with Crippen LogP contribution in [0, 0.1) is 20.8 Å². The van der Waals surface area contributed by atoms with E-state index in [4.69, 9.17) is 5.11 Å². The molecule has 0 aliphatic carbocycles. The number of benzene rings is 1. The smallest absolute Gasteiger partial charge is 0.335 e. The molecular formula is C15H17N3O3. The van der Waals surface area contributed by atoms with Gasteiger partial charge in [-0.1, -0.05) is 0 Å². The molecule has 6 nitrogen and oxygen atoms in total. The van der Waals surface area contributed by atoms with E-state index in [2.05, 4.69) is 10.4 Å². The van der Waals surface area contributed by atoms with E-state index in [0.717, 1.165) is 5.69 Å². The minimum atomic E-state index is -0.991. The van der Waals surface area contributed by atoms with Gasteiger partial charge in [-0.05, 0) is 44.5 Å². The normalized spacial score (nSPS) is 10.5. The Kier molecular flexibility index (Phi) is 3.80. The van der Waals surface area contributed by atoms with Gasteiger partial charge in [0.05, 0.1) is 16.8 Å². The van der Waals surface area contributed by atoms with E-state index in [0.29, 0.717) is 22.5 Å². The molecule has 0 radical (unpaired) electrons. The number of hydrogen-bond donors (Lipinski definition) is 2. The zero-order chi connectivity index (χ0) is 15.7. The summed E-state index contributed by atoms with van der Waals surface area (Å²) in [5, 5.41) is 16.0. The predicted octanol–water partition coefficient (Wildman–Crippen LogP) is 2.30. The average Bonchev–Trinajstić information content (AvgIpc) is 2.65. The highest BCUT2D eigenvalue weighted by Gasteiger charge is 2.18.